The van der Waals surface area contributed by atoms with E-state index in [4.69, 9.17) is 16.3 Å². The second-order valence-electron chi connectivity index (χ2n) is 7.28. The van der Waals surface area contributed by atoms with Crippen molar-refractivity contribution in [2.75, 3.05) is 18.4 Å². The van der Waals surface area contributed by atoms with Crippen LogP contribution in [0, 0.1) is 0 Å². The van der Waals surface area contributed by atoms with Gasteiger partial charge in [-0.3, -0.25) is 14.4 Å². The zero-order valence-electron chi connectivity index (χ0n) is 15.8. The maximum Gasteiger partial charge on any atom is 0.408 e. The Morgan fingerprint density at radius 1 is 1.21 bits per heavy atom. The van der Waals surface area contributed by atoms with Crippen LogP contribution in [-0.4, -0.2) is 60.0 Å². The number of hydrogen-bond donors (Lipinski definition) is 3. The first-order chi connectivity index (χ1) is 13.1. The number of halogens is 1. The smallest absolute Gasteiger partial charge is 0.408 e. The fraction of sp³-hybridized carbons (Fsp3) is 0.529. The SMILES string of the molecule is CC(C)(C)OC(=O)N[C@@H]1CN(C=O)CCC1NC(=O)C(=O)Nc1ccc(Cl)s1. The first kappa shape index (κ1) is 22.0. The van der Waals surface area contributed by atoms with Crippen LogP contribution in [0.15, 0.2) is 12.1 Å². The highest BCUT2D eigenvalue weighted by Crippen LogP contribution is 2.25. The molecule has 9 nitrogen and oxygen atoms in total. The van der Waals surface area contributed by atoms with Crippen molar-refractivity contribution < 1.29 is 23.9 Å². The lowest BCUT2D eigenvalue weighted by molar-refractivity contribution is -0.137. The summed E-state index contributed by atoms with van der Waals surface area (Å²) in [5, 5.41) is 8.19. The van der Waals surface area contributed by atoms with Crippen molar-refractivity contribution in [3.8, 4) is 0 Å². The predicted molar refractivity (Wildman–Crippen MR) is 105 cm³/mol. The van der Waals surface area contributed by atoms with Gasteiger partial charge in [-0.25, -0.2) is 4.79 Å². The minimum absolute atomic E-state index is 0.190. The maximum absolute atomic E-state index is 12.3. The van der Waals surface area contributed by atoms with Crippen LogP contribution in [0.3, 0.4) is 0 Å². The van der Waals surface area contributed by atoms with Crippen molar-refractivity contribution >= 4 is 52.3 Å². The normalized spacial score (nSPS) is 19.5. The second-order valence-corrected chi connectivity index (χ2v) is 8.99. The van der Waals surface area contributed by atoms with Gasteiger partial charge in [0, 0.05) is 13.1 Å². The van der Waals surface area contributed by atoms with E-state index >= 15 is 0 Å². The number of nitrogens with zero attached hydrogens (tertiary/aromatic N) is 1. The number of nitrogens with one attached hydrogen (secondary N) is 3. The molecule has 0 aromatic carbocycles. The molecular weight excluding hydrogens is 408 g/mol. The number of likely N-dealkylation sites (tertiary alicyclic amines) is 1. The van der Waals surface area contributed by atoms with Crippen LogP contribution in [0.25, 0.3) is 0 Å². The predicted octanol–water partition coefficient (Wildman–Crippen LogP) is 1.58. The molecule has 2 heterocycles. The van der Waals surface area contributed by atoms with E-state index in [0.29, 0.717) is 28.7 Å². The third-order valence-corrected chi connectivity index (χ3v) is 4.97. The largest absolute Gasteiger partial charge is 0.444 e. The summed E-state index contributed by atoms with van der Waals surface area (Å²) in [5.41, 5.74) is -0.691. The van der Waals surface area contributed by atoms with E-state index in [2.05, 4.69) is 16.0 Å². The van der Waals surface area contributed by atoms with Gasteiger partial charge in [-0.15, -0.1) is 11.3 Å². The summed E-state index contributed by atoms with van der Waals surface area (Å²) in [6.45, 7) is 5.77. The number of hydrogen-bond acceptors (Lipinski definition) is 6. The molecule has 0 bridgehead atoms. The zero-order valence-corrected chi connectivity index (χ0v) is 17.4. The fourth-order valence-electron chi connectivity index (χ4n) is 2.63. The monoisotopic (exact) mass is 430 g/mol. The maximum atomic E-state index is 12.3. The summed E-state index contributed by atoms with van der Waals surface area (Å²) in [6.07, 6.45) is 0.389. The number of carbonyl (C=O) groups excluding carboxylic acids is 4. The van der Waals surface area contributed by atoms with Crippen LogP contribution in [0.2, 0.25) is 4.34 Å². The van der Waals surface area contributed by atoms with Crippen molar-refractivity contribution in [2.24, 2.45) is 0 Å². The van der Waals surface area contributed by atoms with Gasteiger partial charge in [0.1, 0.15) is 5.60 Å². The van der Waals surface area contributed by atoms with Crippen molar-refractivity contribution in [1.29, 1.82) is 0 Å². The van der Waals surface area contributed by atoms with Gasteiger partial charge in [-0.1, -0.05) is 11.6 Å². The van der Waals surface area contributed by atoms with Gasteiger partial charge in [0.25, 0.3) is 0 Å². The Balaban J connectivity index is 1.99. The lowest BCUT2D eigenvalue weighted by Gasteiger charge is -2.37. The Bertz CT molecular complexity index is 748. The number of anilines is 1. The Morgan fingerprint density at radius 2 is 1.93 bits per heavy atom. The fourth-order valence-corrected chi connectivity index (χ4v) is 3.57. The molecule has 2 atom stereocenters. The number of alkyl carbamates (subject to hydrolysis) is 1. The summed E-state index contributed by atoms with van der Waals surface area (Å²) < 4.78 is 5.72. The molecule has 1 unspecified atom stereocenters. The molecule has 1 saturated heterocycles. The molecule has 4 amide bonds. The van der Waals surface area contributed by atoms with Gasteiger partial charge in [-0.05, 0) is 39.3 Å². The quantitative estimate of drug-likeness (QED) is 0.495. The van der Waals surface area contributed by atoms with Gasteiger partial charge in [0.05, 0.1) is 21.4 Å². The standard InChI is InChI=1S/C17H23ClN4O5S/c1-17(2,3)27-16(26)20-11-8-22(9-23)7-6-10(11)19-14(24)15(25)21-13-5-4-12(18)28-13/h4-5,9-11H,6-8H2,1-3H3,(H,19,24)(H,20,26)(H,21,25)/t10?,11-/m1/s1. The van der Waals surface area contributed by atoms with Crippen LogP contribution in [0.4, 0.5) is 9.80 Å². The molecule has 3 N–H and O–H groups in total. The van der Waals surface area contributed by atoms with Crippen LogP contribution < -0.4 is 16.0 Å². The van der Waals surface area contributed by atoms with Crippen LogP contribution in [0.5, 0.6) is 0 Å². The zero-order chi connectivity index (χ0) is 20.9. The topological polar surface area (TPSA) is 117 Å². The number of amides is 4. The van der Waals surface area contributed by atoms with Crippen molar-refractivity contribution in [2.45, 2.75) is 44.9 Å². The van der Waals surface area contributed by atoms with Crippen LogP contribution in [-0.2, 0) is 19.1 Å². The highest BCUT2D eigenvalue weighted by atomic mass is 35.5. The number of ether oxygens (including phenoxy) is 1. The first-order valence-corrected chi connectivity index (χ1v) is 9.83. The lowest BCUT2D eigenvalue weighted by Crippen LogP contribution is -2.61. The van der Waals surface area contributed by atoms with Crippen LogP contribution in [0.1, 0.15) is 27.2 Å². The van der Waals surface area contributed by atoms with Crippen molar-refractivity contribution in [1.82, 2.24) is 15.5 Å². The number of rotatable bonds is 4. The van der Waals surface area contributed by atoms with Crippen molar-refractivity contribution in [3.63, 3.8) is 0 Å². The molecule has 11 heteroatoms. The first-order valence-electron chi connectivity index (χ1n) is 8.63. The van der Waals surface area contributed by atoms with E-state index in [1.165, 1.54) is 4.90 Å². The molecule has 0 radical (unpaired) electrons. The summed E-state index contributed by atoms with van der Waals surface area (Å²) in [6, 6.07) is 2.07. The van der Waals surface area contributed by atoms with Crippen molar-refractivity contribution in [3.05, 3.63) is 16.5 Å². The minimum atomic E-state index is -0.843. The summed E-state index contributed by atoms with van der Waals surface area (Å²) in [5.74, 6) is -1.68. The van der Waals surface area contributed by atoms with E-state index in [-0.39, 0.29) is 6.54 Å². The van der Waals surface area contributed by atoms with Crippen LogP contribution >= 0.6 is 22.9 Å². The summed E-state index contributed by atoms with van der Waals surface area (Å²) in [4.78, 5) is 49.0. The van der Waals surface area contributed by atoms with Gasteiger partial charge in [-0.2, -0.15) is 0 Å². The van der Waals surface area contributed by atoms with E-state index < -0.39 is 35.6 Å². The number of piperidine rings is 1. The number of carbonyl (C=O) groups is 4. The molecule has 1 aliphatic rings. The van der Waals surface area contributed by atoms with Gasteiger partial charge >= 0.3 is 17.9 Å². The summed E-state index contributed by atoms with van der Waals surface area (Å²) in [7, 11) is 0. The molecular formula is C17H23ClN4O5S. The molecule has 0 spiro atoms. The van der Waals surface area contributed by atoms with Gasteiger partial charge in [0.15, 0.2) is 0 Å². The summed E-state index contributed by atoms with van der Waals surface area (Å²) >= 11 is 6.93. The third kappa shape index (κ3) is 6.68. The highest BCUT2D eigenvalue weighted by Gasteiger charge is 2.33. The average Bonchev–Trinajstić information content (AvgIpc) is 2.99. The van der Waals surface area contributed by atoms with E-state index in [1.54, 1.807) is 32.9 Å². The van der Waals surface area contributed by atoms with Gasteiger partial charge in [0.2, 0.25) is 6.41 Å². The molecule has 0 saturated carbocycles. The lowest BCUT2D eigenvalue weighted by atomic mass is 9.99. The molecule has 0 aliphatic carbocycles. The second kappa shape index (κ2) is 9.24. The van der Waals surface area contributed by atoms with E-state index in [9.17, 15) is 19.2 Å². The molecule has 1 aromatic rings. The molecule has 2 rings (SSSR count). The van der Waals surface area contributed by atoms with E-state index in [0.717, 1.165) is 11.3 Å². The Morgan fingerprint density at radius 3 is 2.50 bits per heavy atom. The molecule has 28 heavy (non-hydrogen) atoms. The molecule has 1 aromatic heterocycles. The molecule has 1 aliphatic heterocycles. The molecule has 1 fully saturated rings. The van der Waals surface area contributed by atoms with Gasteiger partial charge < -0.3 is 25.6 Å². The Kier molecular flexibility index (Phi) is 7.25. The van der Waals surface area contributed by atoms with E-state index in [1.807, 2.05) is 0 Å². The Hall–Kier alpha value is -2.33. The molecule has 154 valence electrons. The average molecular weight is 431 g/mol. The third-order valence-electron chi connectivity index (χ3n) is 3.83. The Labute approximate surface area is 171 Å². The number of thiophene rings is 1. The minimum Gasteiger partial charge on any atom is -0.444 e. The highest BCUT2D eigenvalue weighted by molar-refractivity contribution is 7.20.